The van der Waals surface area contributed by atoms with Gasteiger partial charge in [0.2, 0.25) is 0 Å². The molecule has 0 spiro atoms. The molecule has 0 N–H and O–H groups in total. The molecule has 14 rings (SSSR count). The molecule has 5 heterocycles. The van der Waals surface area contributed by atoms with Crippen molar-refractivity contribution in [3.63, 3.8) is 0 Å². The Morgan fingerprint density at radius 3 is 1.53 bits per heavy atom. The number of rotatable bonds is 9. The quantitative estimate of drug-likeness (QED) is 0.135. The summed E-state index contributed by atoms with van der Waals surface area (Å²) in [4.78, 5) is 10.2. The number of pyridine rings is 2. The van der Waals surface area contributed by atoms with Crippen molar-refractivity contribution in [3.8, 4) is 67.8 Å². The van der Waals surface area contributed by atoms with Crippen LogP contribution in [0.3, 0.4) is 0 Å². The van der Waals surface area contributed by atoms with Gasteiger partial charge in [-0.15, -0.1) is 0 Å². The van der Waals surface area contributed by atoms with Crippen LogP contribution in [0.4, 0.5) is 0 Å². The van der Waals surface area contributed by atoms with Crippen molar-refractivity contribution in [2.45, 2.75) is 52.4 Å². The normalized spacial score (nSPS) is 13.9. The monoisotopic (exact) mass is 1240 g/mol. The second-order valence-electron chi connectivity index (χ2n) is 22.1. The molecule has 0 atom stereocenters. The molecule has 396 valence electrons. The van der Waals surface area contributed by atoms with Crippen LogP contribution in [0.15, 0.2) is 230 Å². The Labute approximate surface area is 496 Å². The van der Waals surface area contributed by atoms with Gasteiger partial charge >= 0.3 is 382 Å². The third-order valence-electron chi connectivity index (χ3n) is 14.8. The minimum atomic E-state index is -0.588. The maximum absolute atomic E-state index is 9.59. The van der Waals surface area contributed by atoms with Gasteiger partial charge in [-0.05, 0) is 23.8 Å². The molecule has 0 aliphatic heterocycles. The summed E-state index contributed by atoms with van der Waals surface area (Å²) in [5.74, 6) is 1.47. The van der Waals surface area contributed by atoms with Gasteiger partial charge in [-0.2, -0.15) is 0 Å². The summed E-state index contributed by atoms with van der Waals surface area (Å²) >= 11 is 2.18. The summed E-state index contributed by atoms with van der Waals surface area (Å²) in [6, 6.07) is 54.4. The molecule has 0 unspecified atom stereocenters. The first-order chi connectivity index (χ1) is 43.5. The van der Waals surface area contributed by atoms with Crippen molar-refractivity contribution in [1.29, 1.82) is 0 Å². The molecule has 5 aromatic heterocycles. The van der Waals surface area contributed by atoms with E-state index in [0.717, 1.165) is 66.1 Å². The van der Waals surface area contributed by atoms with Crippen LogP contribution >= 0.6 is 0 Å². The van der Waals surface area contributed by atoms with Crippen LogP contribution in [-0.2, 0) is 30.2 Å². The molecule has 8 heteroatoms. The average molecular weight is 1240 g/mol. The molecule has 14 aromatic rings. The van der Waals surface area contributed by atoms with Crippen molar-refractivity contribution >= 4 is 54.6 Å². The van der Waals surface area contributed by atoms with Crippen LogP contribution in [0.1, 0.15) is 66.6 Å². The summed E-state index contributed by atoms with van der Waals surface area (Å²) in [6.07, 6.45) is 1.91. The van der Waals surface area contributed by atoms with Gasteiger partial charge in [-0.1, -0.05) is 53.7 Å². The first kappa shape index (κ1) is 40.1. The van der Waals surface area contributed by atoms with Gasteiger partial charge in [-0.25, -0.2) is 0 Å². The molecule has 0 aliphatic rings. The Morgan fingerprint density at radius 2 is 0.975 bits per heavy atom. The van der Waals surface area contributed by atoms with Crippen molar-refractivity contribution in [2.75, 3.05) is 0 Å². The third-order valence-corrected chi connectivity index (χ3v) is 15.9. The van der Waals surface area contributed by atoms with E-state index in [0.29, 0.717) is 43.5 Å². The number of benzene rings is 9. The Balaban J connectivity index is 0.952. The number of fused-ring (bicyclic) bond motifs is 7. The fraction of sp³-hybridized carbons (Fsp3) is 0.110. The molecular formula is C73H56N6OPt-2. The first-order valence-corrected chi connectivity index (χ1v) is 27.8. The molecule has 0 bridgehead atoms. The summed E-state index contributed by atoms with van der Waals surface area (Å²) in [7, 11) is 0. The van der Waals surface area contributed by atoms with Crippen LogP contribution < -0.4 is 4.74 Å². The fourth-order valence-electron chi connectivity index (χ4n) is 11.0. The second kappa shape index (κ2) is 19.6. The van der Waals surface area contributed by atoms with E-state index >= 15 is 0 Å². The standard InChI is InChI=1S/C73H56N6O.Pt/c1-72(2,3)68-40-51(41-69(75-68)73(4,5)6)50-36-39-70(74-46-50)79-64-33-18-15-30-58(64)59-38-37-55(45-67(59)79)80-54-27-21-26-52(42-54)76-47-77(66-35-20-19-34-65(66)76)71-60(48-22-9-7-10-23-48)43-53(44-61(71)49-24-11-8-12-25-49)78-62-31-16-13-28-56(62)57-29-14-17-32-63(57)78;/h7-41,43-44,46H,1-6H3;/q-2;/i7D,8D,9D,10D,11D,12D,22D,23D,24D,25D;. The Bertz CT molecular complexity index is 5230. The molecule has 0 amide bonds. The van der Waals surface area contributed by atoms with E-state index in [-0.39, 0.29) is 38.8 Å². The van der Waals surface area contributed by atoms with Crippen LogP contribution in [0.25, 0.3) is 111 Å². The van der Waals surface area contributed by atoms with Gasteiger partial charge in [0.05, 0.1) is 0 Å². The predicted octanol–water partition coefficient (Wildman–Crippen LogP) is 18.5. The zero-order valence-electron chi connectivity index (χ0n) is 55.1. The number of ether oxygens (including phenoxy) is 1. The van der Waals surface area contributed by atoms with E-state index in [4.69, 9.17) is 22.9 Å². The SMILES string of the molecule is [2H]c1c([2H])c([2H])c(-c2cc(-n3c4ccccc4c4ccccc43)cc(-c3c([2H])c([2H])c([2H])c([2H])c3[2H])c2-n2[c](=[Pt])n(-c3[c-]c(Oc4[c-]c5c(cc4)c4ccccc4n5-c4ccc(-c5cc(C(C)(C)C)nc(C(C)(C)C)c5)cn4)ccc3)c3ccccc32)c([2H])c1[2H]. The predicted molar refractivity (Wildman–Crippen MR) is 328 cm³/mol. The van der Waals surface area contributed by atoms with E-state index in [1.807, 2.05) is 135 Å². The summed E-state index contributed by atoms with van der Waals surface area (Å²) < 4.78 is 107. The topological polar surface area (TPSA) is 54.7 Å². The Hall–Kier alpha value is -9.16. The summed E-state index contributed by atoms with van der Waals surface area (Å²) in [5, 5.41) is 3.80. The summed E-state index contributed by atoms with van der Waals surface area (Å²) in [6.45, 7) is 13.1. The van der Waals surface area contributed by atoms with Crippen molar-refractivity contribution in [1.82, 2.24) is 28.2 Å². The number of para-hydroxylation sites is 5. The van der Waals surface area contributed by atoms with Crippen LogP contribution in [0.5, 0.6) is 11.5 Å². The van der Waals surface area contributed by atoms with Gasteiger partial charge in [0.25, 0.3) is 0 Å². The van der Waals surface area contributed by atoms with Gasteiger partial charge in [0, 0.05) is 34.0 Å². The zero-order chi connectivity index (χ0) is 63.9. The molecule has 9 aromatic carbocycles. The van der Waals surface area contributed by atoms with Crippen molar-refractivity contribution < 1.29 is 37.8 Å². The summed E-state index contributed by atoms with van der Waals surface area (Å²) in [5.41, 5.74) is 9.32. The van der Waals surface area contributed by atoms with Crippen LogP contribution in [-0.4, -0.2) is 28.2 Å². The van der Waals surface area contributed by atoms with Gasteiger partial charge in [0.15, 0.2) is 0 Å². The zero-order valence-corrected chi connectivity index (χ0v) is 47.3. The second-order valence-corrected chi connectivity index (χ2v) is 23.1. The number of aromatic nitrogens is 6. The van der Waals surface area contributed by atoms with Crippen LogP contribution in [0.2, 0.25) is 0 Å². The number of nitrogens with zero attached hydrogens (tertiary/aromatic N) is 6. The molecule has 0 saturated heterocycles. The molecule has 7 nitrogen and oxygen atoms in total. The molecule has 0 radical (unpaired) electrons. The average Bonchev–Trinajstić information content (AvgIpc) is 1.67. The number of imidazole rings is 1. The van der Waals surface area contributed by atoms with Crippen molar-refractivity contribution in [2.24, 2.45) is 0 Å². The van der Waals surface area contributed by atoms with Crippen molar-refractivity contribution in [3.05, 3.63) is 258 Å². The molecule has 0 fully saturated rings. The first-order valence-electron chi connectivity index (χ1n) is 31.7. The molecule has 0 saturated carbocycles. The van der Waals surface area contributed by atoms with E-state index in [1.165, 1.54) is 0 Å². The van der Waals surface area contributed by atoms with Gasteiger partial charge < -0.3 is 0 Å². The Kier molecular flexibility index (Phi) is 9.69. The molecule has 81 heavy (non-hydrogen) atoms. The minimum absolute atomic E-state index is 0.137. The van der Waals surface area contributed by atoms with Crippen LogP contribution in [0, 0.1) is 15.9 Å². The maximum atomic E-state index is 9.59. The molecule has 0 aliphatic carbocycles. The number of hydrogen-bond donors (Lipinski definition) is 0. The molecular weight excluding hydrogens is 1170 g/mol. The van der Waals surface area contributed by atoms with E-state index in [2.05, 4.69) is 108 Å². The fourth-order valence-corrected chi connectivity index (χ4v) is 12.0. The van der Waals surface area contributed by atoms with Gasteiger partial charge in [0.1, 0.15) is 0 Å². The Morgan fingerprint density at radius 1 is 0.457 bits per heavy atom. The van der Waals surface area contributed by atoms with E-state index in [9.17, 15) is 5.48 Å². The third kappa shape index (κ3) is 8.75. The van der Waals surface area contributed by atoms with E-state index < -0.39 is 60.4 Å². The van der Waals surface area contributed by atoms with E-state index in [1.54, 1.807) is 18.2 Å². The number of hydrogen-bond acceptors (Lipinski definition) is 3. The van der Waals surface area contributed by atoms with Gasteiger partial charge in [-0.3, -0.25) is 4.98 Å².